The molecule has 1 aromatic rings. The Hall–Kier alpha value is -1.05. The van der Waals surface area contributed by atoms with Crippen LogP contribution in [-0.2, 0) is 0 Å². The standard InChI is InChI=1S/C9H9FO/c1-6-2-3-8(10)9-7(6)4-5-11-9/h2,4-5,8H,3H2,1H3. The van der Waals surface area contributed by atoms with Crippen molar-refractivity contribution < 1.29 is 8.81 Å². The van der Waals surface area contributed by atoms with Crippen molar-refractivity contribution >= 4 is 5.57 Å². The summed E-state index contributed by atoms with van der Waals surface area (Å²) in [6.07, 6.45) is 2.96. The van der Waals surface area contributed by atoms with Crippen molar-refractivity contribution in [2.75, 3.05) is 0 Å². The lowest BCUT2D eigenvalue weighted by Gasteiger charge is -2.11. The van der Waals surface area contributed by atoms with E-state index in [4.69, 9.17) is 4.42 Å². The Balaban J connectivity index is 2.55. The summed E-state index contributed by atoms with van der Waals surface area (Å²) in [5.41, 5.74) is 2.03. The summed E-state index contributed by atoms with van der Waals surface area (Å²) in [5.74, 6) is 0.491. The van der Waals surface area contributed by atoms with Crippen molar-refractivity contribution in [1.82, 2.24) is 0 Å². The summed E-state index contributed by atoms with van der Waals surface area (Å²) in [6, 6.07) is 1.81. The fraction of sp³-hybridized carbons (Fsp3) is 0.333. The maximum atomic E-state index is 13.0. The van der Waals surface area contributed by atoms with E-state index in [0.717, 1.165) is 11.1 Å². The van der Waals surface area contributed by atoms with Gasteiger partial charge < -0.3 is 4.42 Å². The maximum Gasteiger partial charge on any atom is 0.162 e. The number of hydrogen-bond donors (Lipinski definition) is 0. The van der Waals surface area contributed by atoms with Crippen LogP contribution in [0.4, 0.5) is 4.39 Å². The summed E-state index contributed by atoms with van der Waals surface area (Å²) in [5, 5.41) is 0. The maximum absolute atomic E-state index is 13.0. The Morgan fingerprint density at radius 3 is 3.18 bits per heavy atom. The molecule has 2 rings (SSSR count). The lowest BCUT2D eigenvalue weighted by atomic mass is 9.97. The van der Waals surface area contributed by atoms with E-state index in [0.29, 0.717) is 12.2 Å². The van der Waals surface area contributed by atoms with E-state index in [2.05, 4.69) is 0 Å². The molecule has 0 saturated carbocycles. The van der Waals surface area contributed by atoms with Gasteiger partial charge in [-0.15, -0.1) is 0 Å². The first-order valence-electron chi connectivity index (χ1n) is 3.67. The zero-order valence-corrected chi connectivity index (χ0v) is 6.30. The first-order valence-corrected chi connectivity index (χ1v) is 3.67. The lowest BCUT2D eigenvalue weighted by molar-refractivity contribution is 0.286. The van der Waals surface area contributed by atoms with Gasteiger partial charge in [-0.25, -0.2) is 4.39 Å². The fourth-order valence-corrected chi connectivity index (χ4v) is 1.39. The second kappa shape index (κ2) is 2.22. The third-order valence-corrected chi connectivity index (χ3v) is 2.04. The van der Waals surface area contributed by atoms with Gasteiger partial charge in [0.25, 0.3) is 0 Å². The highest BCUT2D eigenvalue weighted by Crippen LogP contribution is 2.35. The summed E-state index contributed by atoms with van der Waals surface area (Å²) in [4.78, 5) is 0. The smallest absolute Gasteiger partial charge is 0.162 e. The quantitative estimate of drug-likeness (QED) is 0.556. The molecule has 0 amide bonds. The third-order valence-electron chi connectivity index (χ3n) is 2.04. The average molecular weight is 152 g/mol. The Morgan fingerprint density at radius 2 is 2.45 bits per heavy atom. The number of allylic oxidation sites excluding steroid dienone is 2. The highest BCUT2D eigenvalue weighted by molar-refractivity contribution is 5.67. The van der Waals surface area contributed by atoms with Crippen molar-refractivity contribution in [2.24, 2.45) is 0 Å². The molecule has 1 atom stereocenters. The molecule has 0 aromatic carbocycles. The van der Waals surface area contributed by atoms with Crippen LogP contribution in [0, 0.1) is 0 Å². The van der Waals surface area contributed by atoms with Gasteiger partial charge in [0.2, 0.25) is 0 Å². The van der Waals surface area contributed by atoms with Crippen molar-refractivity contribution in [1.29, 1.82) is 0 Å². The second-order valence-electron chi connectivity index (χ2n) is 2.79. The molecule has 1 nitrogen and oxygen atoms in total. The number of furan rings is 1. The Bertz CT molecular complexity index is 298. The van der Waals surface area contributed by atoms with Gasteiger partial charge in [-0.1, -0.05) is 6.08 Å². The molecule has 1 aliphatic carbocycles. The zero-order chi connectivity index (χ0) is 7.84. The van der Waals surface area contributed by atoms with Gasteiger partial charge in [-0.3, -0.25) is 0 Å². The number of rotatable bonds is 0. The molecule has 0 fully saturated rings. The number of hydrogen-bond acceptors (Lipinski definition) is 1. The van der Waals surface area contributed by atoms with Crippen LogP contribution in [0.3, 0.4) is 0 Å². The Labute approximate surface area is 64.5 Å². The summed E-state index contributed by atoms with van der Waals surface area (Å²) < 4.78 is 18.1. The number of fused-ring (bicyclic) bond motifs is 1. The van der Waals surface area contributed by atoms with Gasteiger partial charge in [0, 0.05) is 12.0 Å². The van der Waals surface area contributed by atoms with Crippen molar-refractivity contribution in [3.05, 3.63) is 29.7 Å². The number of alkyl halides is 1. The predicted octanol–water partition coefficient (Wildman–Crippen LogP) is 3.10. The van der Waals surface area contributed by atoms with Crippen LogP contribution in [0.5, 0.6) is 0 Å². The molecule has 0 bridgehead atoms. The van der Waals surface area contributed by atoms with Gasteiger partial charge in [-0.2, -0.15) is 0 Å². The first kappa shape index (κ1) is 6.65. The van der Waals surface area contributed by atoms with Crippen LogP contribution in [-0.4, -0.2) is 0 Å². The van der Waals surface area contributed by atoms with Gasteiger partial charge in [-0.05, 0) is 18.6 Å². The minimum absolute atomic E-state index is 0.451. The minimum Gasteiger partial charge on any atom is -0.466 e. The van der Waals surface area contributed by atoms with Gasteiger partial charge in [0.1, 0.15) is 5.76 Å². The van der Waals surface area contributed by atoms with Gasteiger partial charge in [0.15, 0.2) is 6.17 Å². The topological polar surface area (TPSA) is 13.1 Å². The summed E-state index contributed by atoms with van der Waals surface area (Å²) in [7, 11) is 0. The average Bonchev–Trinajstić information content (AvgIpc) is 2.45. The molecular formula is C9H9FO. The second-order valence-corrected chi connectivity index (χ2v) is 2.79. The lowest BCUT2D eigenvalue weighted by Crippen LogP contribution is -1.97. The molecule has 58 valence electrons. The van der Waals surface area contributed by atoms with Crippen LogP contribution in [0.15, 0.2) is 22.8 Å². The highest BCUT2D eigenvalue weighted by atomic mass is 19.1. The van der Waals surface area contributed by atoms with Gasteiger partial charge >= 0.3 is 0 Å². The van der Waals surface area contributed by atoms with Crippen LogP contribution in [0.1, 0.15) is 30.8 Å². The molecule has 0 radical (unpaired) electrons. The van der Waals surface area contributed by atoms with Crippen LogP contribution in [0.2, 0.25) is 0 Å². The molecule has 0 N–H and O–H groups in total. The number of halogens is 1. The molecular weight excluding hydrogens is 143 g/mol. The molecule has 1 aliphatic rings. The van der Waals surface area contributed by atoms with E-state index in [9.17, 15) is 4.39 Å². The first-order chi connectivity index (χ1) is 5.29. The minimum atomic E-state index is -0.941. The van der Waals surface area contributed by atoms with Crippen LogP contribution < -0.4 is 0 Å². The molecule has 1 heterocycles. The monoisotopic (exact) mass is 152 g/mol. The molecule has 0 saturated heterocycles. The van der Waals surface area contributed by atoms with E-state index >= 15 is 0 Å². The third kappa shape index (κ3) is 0.897. The molecule has 1 unspecified atom stereocenters. The predicted molar refractivity (Wildman–Crippen MR) is 40.8 cm³/mol. The van der Waals surface area contributed by atoms with E-state index < -0.39 is 6.17 Å². The fourth-order valence-electron chi connectivity index (χ4n) is 1.39. The van der Waals surface area contributed by atoms with E-state index in [1.807, 2.05) is 19.1 Å². The molecule has 1 aromatic heterocycles. The molecule has 0 spiro atoms. The van der Waals surface area contributed by atoms with E-state index in [-0.39, 0.29) is 0 Å². The summed E-state index contributed by atoms with van der Waals surface area (Å²) in [6.45, 7) is 1.97. The SMILES string of the molecule is CC1=CCC(F)c2occc21. The Morgan fingerprint density at radius 1 is 1.64 bits per heavy atom. The highest BCUT2D eigenvalue weighted by Gasteiger charge is 2.21. The molecule has 11 heavy (non-hydrogen) atoms. The van der Waals surface area contributed by atoms with Crippen LogP contribution >= 0.6 is 0 Å². The van der Waals surface area contributed by atoms with Crippen LogP contribution in [0.25, 0.3) is 5.57 Å². The van der Waals surface area contributed by atoms with Gasteiger partial charge in [0.05, 0.1) is 6.26 Å². The normalized spacial score (nSPS) is 22.7. The Kier molecular flexibility index (Phi) is 1.34. The van der Waals surface area contributed by atoms with Crippen molar-refractivity contribution in [3.63, 3.8) is 0 Å². The van der Waals surface area contributed by atoms with E-state index in [1.165, 1.54) is 0 Å². The summed E-state index contributed by atoms with van der Waals surface area (Å²) >= 11 is 0. The zero-order valence-electron chi connectivity index (χ0n) is 6.30. The molecule has 2 heteroatoms. The largest absolute Gasteiger partial charge is 0.466 e. The molecule has 0 aliphatic heterocycles. The van der Waals surface area contributed by atoms with Crippen molar-refractivity contribution in [2.45, 2.75) is 19.5 Å². The van der Waals surface area contributed by atoms with Crippen molar-refractivity contribution in [3.8, 4) is 0 Å². The van der Waals surface area contributed by atoms with E-state index in [1.54, 1.807) is 6.26 Å².